The molecule has 1 aromatic rings. The largest absolute Gasteiger partial charge is 0.379 e. The molecular weight excluding hydrogens is 134 g/mol. The fraction of sp³-hybridized carbons (Fsp3) is 0.100. The van der Waals surface area contributed by atoms with Gasteiger partial charge in [-0.2, -0.15) is 0 Å². The summed E-state index contributed by atoms with van der Waals surface area (Å²) in [5.41, 5.74) is 2.46. The van der Waals surface area contributed by atoms with Crippen LogP contribution < -0.4 is 5.32 Å². The molecule has 0 aromatic heterocycles. The van der Waals surface area contributed by atoms with E-state index >= 15 is 0 Å². The lowest BCUT2D eigenvalue weighted by molar-refractivity contribution is 1.24. The fourth-order valence-corrected chi connectivity index (χ4v) is 1.21. The Kier molecular flexibility index (Phi) is 1.64. The number of fused-ring (bicyclic) bond motifs is 1. The van der Waals surface area contributed by atoms with Gasteiger partial charge in [-0.25, -0.2) is 0 Å². The average Bonchev–Trinajstić information content (AvgIpc) is 2.28. The topological polar surface area (TPSA) is 12.0 Å². The molecule has 1 radical (unpaired) electrons. The van der Waals surface area contributed by atoms with Crippen LogP contribution in [0.15, 0.2) is 30.3 Å². The third-order valence-corrected chi connectivity index (χ3v) is 1.77. The van der Waals surface area contributed by atoms with Crippen LogP contribution in [0.1, 0.15) is 12.0 Å². The van der Waals surface area contributed by atoms with Crippen LogP contribution in [-0.2, 0) is 0 Å². The molecule has 2 rings (SSSR count). The summed E-state index contributed by atoms with van der Waals surface area (Å²) >= 11 is 0. The molecule has 0 fully saturated rings. The van der Waals surface area contributed by atoms with Crippen LogP contribution in [-0.4, -0.2) is 0 Å². The Hall–Kier alpha value is -1.24. The number of benzene rings is 1. The summed E-state index contributed by atoms with van der Waals surface area (Å²) in [6, 6.07) is 8.29. The van der Waals surface area contributed by atoms with Crippen molar-refractivity contribution in [3.8, 4) is 0 Å². The van der Waals surface area contributed by atoms with Crippen molar-refractivity contribution < 1.29 is 0 Å². The van der Waals surface area contributed by atoms with Crippen molar-refractivity contribution in [3.05, 3.63) is 42.4 Å². The van der Waals surface area contributed by atoms with Crippen molar-refractivity contribution in [3.63, 3.8) is 0 Å². The molecule has 1 N–H and O–H groups in total. The van der Waals surface area contributed by atoms with Gasteiger partial charge in [0.1, 0.15) is 0 Å². The number of anilines is 1. The van der Waals surface area contributed by atoms with Gasteiger partial charge in [0.15, 0.2) is 0 Å². The van der Waals surface area contributed by atoms with E-state index in [0.29, 0.717) is 0 Å². The molecule has 1 aliphatic heterocycles. The smallest absolute Gasteiger partial charge is 0.0500 e. The molecule has 0 saturated heterocycles. The molecule has 0 bridgehead atoms. The zero-order valence-electron chi connectivity index (χ0n) is 6.25. The van der Waals surface area contributed by atoms with Crippen molar-refractivity contribution in [2.45, 2.75) is 6.42 Å². The standard InChI is InChI=1S/C10H10N/c1-2-7-10-9(5-1)6-3-4-8-11-10/h1-3,5-8,11H,4H2. The summed E-state index contributed by atoms with van der Waals surface area (Å²) in [5, 5.41) is 3.24. The van der Waals surface area contributed by atoms with Crippen LogP contribution in [0.3, 0.4) is 0 Å². The van der Waals surface area contributed by atoms with Gasteiger partial charge in [-0.05, 0) is 18.1 Å². The lowest BCUT2D eigenvalue weighted by Crippen LogP contribution is -1.92. The maximum Gasteiger partial charge on any atom is 0.0500 e. The Balaban J connectivity index is 2.45. The maximum atomic E-state index is 3.24. The van der Waals surface area contributed by atoms with Gasteiger partial charge in [0.2, 0.25) is 0 Å². The summed E-state index contributed by atoms with van der Waals surface area (Å²) in [5.74, 6) is 0. The summed E-state index contributed by atoms with van der Waals surface area (Å²) in [7, 11) is 0. The second-order valence-electron chi connectivity index (χ2n) is 2.57. The van der Waals surface area contributed by atoms with Crippen molar-refractivity contribution in [1.29, 1.82) is 0 Å². The highest BCUT2D eigenvalue weighted by Crippen LogP contribution is 2.20. The third kappa shape index (κ3) is 1.27. The highest BCUT2D eigenvalue weighted by atomic mass is 14.9. The minimum atomic E-state index is 0.995. The van der Waals surface area contributed by atoms with Crippen molar-refractivity contribution in [2.24, 2.45) is 0 Å². The maximum absolute atomic E-state index is 3.24. The summed E-state index contributed by atoms with van der Waals surface area (Å²) in [6.07, 6.45) is 5.29. The summed E-state index contributed by atoms with van der Waals surface area (Å²) in [4.78, 5) is 0. The van der Waals surface area contributed by atoms with Gasteiger partial charge in [-0.15, -0.1) is 0 Å². The molecule has 1 heteroatoms. The molecule has 1 aliphatic rings. The lowest BCUT2D eigenvalue weighted by atomic mass is 10.2. The molecule has 0 saturated carbocycles. The molecular formula is C10H10N. The molecule has 1 aromatic carbocycles. The van der Waals surface area contributed by atoms with Gasteiger partial charge in [-0.1, -0.05) is 30.4 Å². The predicted octanol–water partition coefficient (Wildman–Crippen LogP) is 2.68. The predicted molar refractivity (Wildman–Crippen MR) is 48.0 cm³/mol. The van der Waals surface area contributed by atoms with Crippen molar-refractivity contribution >= 4 is 11.8 Å². The van der Waals surface area contributed by atoms with Gasteiger partial charge in [-0.3, -0.25) is 0 Å². The minimum Gasteiger partial charge on any atom is -0.379 e. The quantitative estimate of drug-likeness (QED) is 0.590. The van der Waals surface area contributed by atoms with Crippen LogP contribution in [0.2, 0.25) is 0 Å². The van der Waals surface area contributed by atoms with E-state index in [9.17, 15) is 0 Å². The molecule has 0 amide bonds. The zero-order valence-corrected chi connectivity index (χ0v) is 6.25. The molecule has 1 nitrogen and oxygen atoms in total. The lowest BCUT2D eigenvalue weighted by Gasteiger charge is -2.03. The number of rotatable bonds is 0. The fourth-order valence-electron chi connectivity index (χ4n) is 1.21. The number of hydrogen-bond donors (Lipinski definition) is 1. The molecule has 11 heavy (non-hydrogen) atoms. The Bertz CT molecular complexity index is 276. The first-order valence-electron chi connectivity index (χ1n) is 3.80. The Labute approximate surface area is 66.7 Å². The van der Waals surface area contributed by atoms with E-state index in [0.717, 1.165) is 6.42 Å². The number of hydrogen-bond acceptors (Lipinski definition) is 1. The van der Waals surface area contributed by atoms with Crippen LogP contribution in [0.25, 0.3) is 6.08 Å². The first-order chi connectivity index (χ1) is 5.47. The number of para-hydroxylation sites is 1. The monoisotopic (exact) mass is 144 g/mol. The summed E-state index contributed by atoms with van der Waals surface area (Å²) < 4.78 is 0. The van der Waals surface area contributed by atoms with Crippen molar-refractivity contribution in [1.82, 2.24) is 0 Å². The van der Waals surface area contributed by atoms with Gasteiger partial charge in [0, 0.05) is 12.2 Å². The van der Waals surface area contributed by atoms with Crippen LogP contribution in [0.5, 0.6) is 0 Å². The van der Waals surface area contributed by atoms with Crippen LogP contribution in [0.4, 0.5) is 5.69 Å². The van der Waals surface area contributed by atoms with Crippen LogP contribution in [0, 0.1) is 6.54 Å². The Morgan fingerprint density at radius 3 is 3.09 bits per heavy atom. The third-order valence-electron chi connectivity index (χ3n) is 1.77. The molecule has 0 unspecified atom stereocenters. The zero-order chi connectivity index (χ0) is 7.52. The van der Waals surface area contributed by atoms with Gasteiger partial charge < -0.3 is 5.32 Å². The van der Waals surface area contributed by atoms with E-state index in [1.54, 1.807) is 0 Å². The molecule has 55 valence electrons. The Morgan fingerprint density at radius 2 is 2.09 bits per heavy atom. The van der Waals surface area contributed by atoms with E-state index in [1.807, 2.05) is 6.07 Å². The first-order valence-corrected chi connectivity index (χ1v) is 3.80. The first kappa shape index (κ1) is 6.47. The highest BCUT2D eigenvalue weighted by molar-refractivity contribution is 5.68. The van der Waals surface area contributed by atoms with E-state index in [4.69, 9.17) is 0 Å². The second kappa shape index (κ2) is 2.79. The Morgan fingerprint density at radius 1 is 1.18 bits per heavy atom. The van der Waals surface area contributed by atoms with E-state index in [1.165, 1.54) is 11.3 Å². The van der Waals surface area contributed by atoms with Crippen molar-refractivity contribution in [2.75, 3.05) is 5.32 Å². The van der Waals surface area contributed by atoms with E-state index < -0.39 is 0 Å². The second-order valence-corrected chi connectivity index (χ2v) is 2.57. The van der Waals surface area contributed by atoms with Gasteiger partial charge >= 0.3 is 0 Å². The molecule has 0 atom stereocenters. The minimum absolute atomic E-state index is 0.995. The molecule has 0 aliphatic carbocycles. The number of nitrogens with one attached hydrogen (secondary N) is 1. The van der Waals surface area contributed by atoms with Gasteiger partial charge in [0.05, 0.1) is 0 Å². The van der Waals surface area contributed by atoms with E-state index in [-0.39, 0.29) is 0 Å². The molecule has 0 spiro atoms. The summed E-state index contributed by atoms with van der Waals surface area (Å²) in [6.45, 7) is 2.06. The molecule has 1 heterocycles. The average molecular weight is 144 g/mol. The van der Waals surface area contributed by atoms with E-state index in [2.05, 4.69) is 42.2 Å². The van der Waals surface area contributed by atoms with Crippen LogP contribution >= 0.6 is 0 Å². The SMILES string of the molecule is [CH]1CC=Cc2ccccc2N1. The highest BCUT2D eigenvalue weighted by Gasteiger charge is 1.99. The van der Waals surface area contributed by atoms with Gasteiger partial charge in [0.25, 0.3) is 0 Å². The normalized spacial score (nSPS) is 14.9.